The van der Waals surface area contributed by atoms with Gasteiger partial charge in [0.2, 0.25) is 0 Å². The molecule has 2 aliphatic heterocycles. The molecule has 4 nitrogen and oxygen atoms in total. The summed E-state index contributed by atoms with van der Waals surface area (Å²) >= 11 is 0. The Balaban J connectivity index is 0.00000160. The van der Waals surface area contributed by atoms with Gasteiger partial charge < -0.3 is 43.4 Å². The van der Waals surface area contributed by atoms with E-state index < -0.39 is 11.0 Å². The molecule has 2 N–H and O–H groups in total. The molecule has 0 radical (unpaired) electrons. The minimum absolute atomic E-state index is 0. The van der Waals surface area contributed by atoms with Gasteiger partial charge in [-0.05, 0) is 42.9 Å². The molecule has 0 aromatic heterocycles. The summed E-state index contributed by atoms with van der Waals surface area (Å²) in [6.07, 6.45) is 5.88. The van der Waals surface area contributed by atoms with E-state index in [2.05, 4.69) is 19.7 Å². The van der Waals surface area contributed by atoms with Gasteiger partial charge in [-0.1, -0.05) is 12.6 Å². The van der Waals surface area contributed by atoms with Crippen molar-refractivity contribution >= 4 is 0 Å². The second-order valence-corrected chi connectivity index (χ2v) is 9.80. The SMILES string of the molecule is C=C1CC[C@@]2(O)[C@H]3Cc4ccc(O)c5c4[C@@]2(CC[N+]3(C)CC2CC2)[C@H]1O5.[I-]. The highest BCUT2D eigenvalue weighted by atomic mass is 127. The van der Waals surface area contributed by atoms with Gasteiger partial charge in [0.25, 0.3) is 0 Å². The number of aliphatic hydroxyl groups is 1. The summed E-state index contributed by atoms with van der Waals surface area (Å²) in [5, 5.41) is 22.7. The summed E-state index contributed by atoms with van der Waals surface area (Å²) in [6, 6.07) is 4.05. The molecule has 2 bridgehead atoms. The van der Waals surface area contributed by atoms with Crippen LogP contribution in [0.5, 0.6) is 11.5 Å². The van der Waals surface area contributed by atoms with Crippen LogP contribution in [0.15, 0.2) is 24.3 Å². The molecular formula is C22H28INO3. The molecule has 1 unspecified atom stereocenters. The highest BCUT2D eigenvalue weighted by Gasteiger charge is 2.75. The van der Waals surface area contributed by atoms with E-state index in [0.717, 1.165) is 53.8 Å². The third kappa shape index (κ3) is 2.01. The number of aromatic hydroxyl groups is 1. The first-order valence-corrected chi connectivity index (χ1v) is 10.2. The normalized spacial score (nSPS) is 43.6. The van der Waals surface area contributed by atoms with E-state index in [1.807, 2.05) is 0 Å². The molecule has 5 aliphatic rings. The Labute approximate surface area is 177 Å². The molecule has 1 aromatic carbocycles. The van der Waals surface area contributed by atoms with Crippen molar-refractivity contribution in [2.45, 2.75) is 61.7 Å². The number of piperidine rings is 1. The van der Waals surface area contributed by atoms with E-state index in [9.17, 15) is 10.2 Å². The number of nitrogens with zero attached hydrogens (tertiary/aromatic N) is 1. The Hall–Kier alpha value is -0.790. The summed E-state index contributed by atoms with van der Waals surface area (Å²) < 4.78 is 7.32. The van der Waals surface area contributed by atoms with Crippen LogP contribution in [0.25, 0.3) is 0 Å². The van der Waals surface area contributed by atoms with Crippen molar-refractivity contribution < 1.29 is 43.4 Å². The van der Waals surface area contributed by atoms with Crippen LogP contribution in [-0.4, -0.2) is 52.6 Å². The summed E-state index contributed by atoms with van der Waals surface area (Å²) in [4.78, 5) is 0. The first-order valence-electron chi connectivity index (χ1n) is 10.2. The number of quaternary nitrogens is 1. The molecular weight excluding hydrogens is 453 g/mol. The molecule has 1 spiro atoms. The number of benzene rings is 1. The molecule has 2 saturated carbocycles. The second-order valence-electron chi connectivity index (χ2n) is 9.80. The highest BCUT2D eigenvalue weighted by Crippen LogP contribution is 2.67. The summed E-state index contributed by atoms with van der Waals surface area (Å²) in [7, 11) is 2.37. The van der Waals surface area contributed by atoms with E-state index in [-0.39, 0.29) is 41.9 Å². The number of likely N-dealkylation sites (N-methyl/N-ethyl adjacent to an activating group) is 1. The molecule has 0 amide bonds. The third-order valence-corrected chi connectivity index (χ3v) is 8.43. The number of halogens is 1. The van der Waals surface area contributed by atoms with Crippen LogP contribution in [0.4, 0.5) is 0 Å². The second kappa shape index (κ2) is 5.42. The fraction of sp³-hybridized carbons (Fsp3) is 0.636. The minimum Gasteiger partial charge on any atom is -1.00 e. The zero-order chi connectivity index (χ0) is 17.9. The number of hydrogen-bond acceptors (Lipinski definition) is 3. The fourth-order valence-corrected chi connectivity index (χ4v) is 7.07. The lowest BCUT2D eigenvalue weighted by Gasteiger charge is -2.65. The Morgan fingerprint density at radius 1 is 1.30 bits per heavy atom. The van der Waals surface area contributed by atoms with Gasteiger partial charge in [0.05, 0.1) is 25.6 Å². The Kier molecular flexibility index (Phi) is 3.66. The van der Waals surface area contributed by atoms with Gasteiger partial charge in [-0.3, -0.25) is 0 Å². The zero-order valence-corrected chi connectivity index (χ0v) is 18.0. The van der Waals surface area contributed by atoms with Crippen LogP contribution >= 0.6 is 0 Å². The molecule has 5 heteroatoms. The number of ether oxygens (including phenoxy) is 1. The Bertz CT molecular complexity index is 852. The van der Waals surface area contributed by atoms with Gasteiger partial charge in [-0.15, -0.1) is 0 Å². The average Bonchev–Trinajstić information content (AvgIpc) is 3.32. The van der Waals surface area contributed by atoms with E-state index in [4.69, 9.17) is 4.74 Å². The highest BCUT2D eigenvalue weighted by molar-refractivity contribution is 5.63. The third-order valence-electron chi connectivity index (χ3n) is 8.43. The smallest absolute Gasteiger partial charge is 0.166 e. The molecule has 146 valence electrons. The Morgan fingerprint density at radius 3 is 2.81 bits per heavy atom. The van der Waals surface area contributed by atoms with Crippen LogP contribution in [0.1, 0.15) is 43.2 Å². The number of hydrogen-bond donors (Lipinski definition) is 2. The van der Waals surface area contributed by atoms with E-state index in [1.54, 1.807) is 6.07 Å². The zero-order valence-electron chi connectivity index (χ0n) is 15.9. The van der Waals surface area contributed by atoms with Gasteiger partial charge in [0, 0.05) is 24.3 Å². The van der Waals surface area contributed by atoms with Crippen molar-refractivity contribution in [2.75, 3.05) is 20.1 Å². The minimum atomic E-state index is -0.771. The lowest BCUT2D eigenvalue weighted by molar-refractivity contribution is -0.950. The van der Waals surface area contributed by atoms with Crippen molar-refractivity contribution in [3.05, 3.63) is 35.4 Å². The largest absolute Gasteiger partial charge is 1.00 e. The summed E-state index contributed by atoms with van der Waals surface area (Å²) in [5.41, 5.74) is 2.25. The molecule has 3 fully saturated rings. The molecule has 3 aliphatic carbocycles. The van der Waals surface area contributed by atoms with Crippen LogP contribution < -0.4 is 28.7 Å². The van der Waals surface area contributed by atoms with Gasteiger partial charge >= 0.3 is 0 Å². The van der Waals surface area contributed by atoms with Crippen LogP contribution in [-0.2, 0) is 11.8 Å². The van der Waals surface area contributed by atoms with Crippen molar-refractivity contribution in [2.24, 2.45) is 5.92 Å². The Morgan fingerprint density at radius 2 is 2.07 bits per heavy atom. The van der Waals surface area contributed by atoms with Gasteiger partial charge in [-0.25, -0.2) is 0 Å². The molecule has 5 atom stereocenters. The number of phenolic OH excluding ortho intramolecular Hbond substituents is 1. The first kappa shape index (κ1) is 18.3. The van der Waals surface area contributed by atoms with Gasteiger partial charge in [0.15, 0.2) is 11.5 Å². The van der Waals surface area contributed by atoms with Gasteiger partial charge in [-0.2, -0.15) is 0 Å². The maximum atomic E-state index is 12.3. The quantitative estimate of drug-likeness (QED) is 0.346. The number of likely N-dealkylation sites (tertiary alicyclic amines) is 1. The van der Waals surface area contributed by atoms with Crippen molar-refractivity contribution in [3.8, 4) is 11.5 Å². The van der Waals surface area contributed by atoms with E-state index in [1.165, 1.54) is 24.9 Å². The maximum absolute atomic E-state index is 12.3. The summed E-state index contributed by atoms with van der Waals surface area (Å²) in [5.74, 6) is 1.66. The van der Waals surface area contributed by atoms with Crippen LogP contribution in [0.2, 0.25) is 0 Å². The van der Waals surface area contributed by atoms with E-state index >= 15 is 0 Å². The van der Waals surface area contributed by atoms with Crippen LogP contribution in [0.3, 0.4) is 0 Å². The molecule has 6 rings (SSSR count). The average molecular weight is 481 g/mol. The monoisotopic (exact) mass is 481 g/mol. The molecule has 2 heterocycles. The topological polar surface area (TPSA) is 49.7 Å². The van der Waals surface area contributed by atoms with Gasteiger partial charge in [0.1, 0.15) is 17.7 Å². The van der Waals surface area contributed by atoms with Crippen molar-refractivity contribution in [3.63, 3.8) is 0 Å². The predicted molar refractivity (Wildman–Crippen MR) is 98.3 cm³/mol. The maximum Gasteiger partial charge on any atom is 0.166 e. The van der Waals surface area contributed by atoms with E-state index in [0.29, 0.717) is 5.75 Å². The standard InChI is InChI=1S/C22H27NO3.HI/c1-13-7-8-22(25)17-11-15-5-6-16(24)19-18(15)21(22,20(13)26-19)9-10-23(17,2)12-14-3-4-14;/h5-6,14,17,20,25H,1,3-4,7-12H2,2H3;1H/t17-,20+,21+,22-,23?;/m1./s1. The lowest BCUT2D eigenvalue weighted by Crippen LogP contribution is -3.00. The summed E-state index contributed by atoms with van der Waals surface area (Å²) in [6.45, 7) is 6.57. The lowest BCUT2D eigenvalue weighted by atomic mass is 9.48. The first-order chi connectivity index (χ1) is 12.4. The molecule has 27 heavy (non-hydrogen) atoms. The molecule has 1 saturated heterocycles. The van der Waals surface area contributed by atoms with Crippen molar-refractivity contribution in [1.82, 2.24) is 0 Å². The molecule has 1 aromatic rings. The van der Waals surface area contributed by atoms with Crippen LogP contribution in [0, 0.1) is 5.92 Å². The van der Waals surface area contributed by atoms with Crippen molar-refractivity contribution in [1.29, 1.82) is 0 Å². The fourth-order valence-electron chi connectivity index (χ4n) is 7.07. The number of rotatable bonds is 2. The predicted octanol–water partition coefficient (Wildman–Crippen LogP) is -0.339. The number of phenols is 1.